The zero-order valence-electron chi connectivity index (χ0n) is 14.2. The third-order valence-corrected chi connectivity index (χ3v) is 4.89. The van der Waals surface area contributed by atoms with Gasteiger partial charge >= 0.3 is 6.03 Å². The van der Waals surface area contributed by atoms with Crippen molar-refractivity contribution in [2.45, 2.75) is 31.8 Å². The number of carbonyl (C=O) groups excluding carboxylic acids is 1. The summed E-state index contributed by atoms with van der Waals surface area (Å²) in [6, 6.07) is 17.0. The number of para-hydroxylation sites is 1. The van der Waals surface area contributed by atoms with Crippen molar-refractivity contribution in [2.24, 2.45) is 0 Å². The van der Waals surface area contributed by atoms with Crippen molar-refractivity contribution < 1.29 is 14.3 Å². The molecule has 2 aromatic rings. The Kier molecular flexibility index (Phi) is 5.61. The van der Waals surface area contributed by atoms with Crippen LogP contribution in [0.15, 0.2) is 54.6 Å². The van der Waals surface area contributed by atoms with Crippen LogP contribution < -0.4 is 10.6 Å². The number of carbonyl (C=O) groups is 1. The molecule has 1 heterocycles. The van der Waals surface area contributed by atoms with E-state index in [1.807, 2.05) is 68.4 Å². The minimum Gasteiger partial charge on any atom is -0.348 e. The predicted octanol–water partition coefficient (Wildman–Crippen LogP) is 4.31. The van der Waals surface area contributed by atoms with E-state index in [4.69, 9.17) is 9.47 Å². The Morgan fingerprint density at radius 3 is 2.52 bits per heavy atom. The van der Waals surface area contributed by atoms with Crippen molar-refractivity contribution in [2.75, 3.05) is 11.9 Å². The molecule has 1 saturated heterocycles. The maximum absolute atomic E-state index is 12.4. The van der Waals surface area contributed by atoms with Gasteiger partial charge in [0.15, 0.2) is 5.79 Å². The summed E-state index contributed by atoms with van der Waals surface area (Å²) >= 11 is 2.19. The third kappa shape index (κ3) is 4.71. The molecule has 0 saturated carbocycles. The van der Waals surface area contributed by atoms with Gasteiger partial charge in [-0.15, -0.1) is 0 Å². The molecule has 1 fully saturated rings. The Hall–Kier alpha value is -1.64. The summed E-state index contributed by atoms with van der Waals surface area (Å²) in [6.45, 7) is 4.14. The van der Waals surface area contributed by atoms with Crippen molar-refractivity contribution >= 4 is 34.3 Å². The number of benzene rings is 2. The molecule has 2 aromatic carbocycles. The molecule has 0 spiro atoms. The van der Waals surface area contributed by atoms with Crippen LogP contribution in [-0.2, 0) is 9.47 Å². The van der Waals surface area contributed by atoms with E-state index in [0.717, 1.165) is 14.8 Å². The van der Waals surface area contributed by atoms with E-state index in [1.54, 1.807) is 0 Å². The molecule has 3 rings (SSSR count). The van der Waals surface area contributed by atoms with Crippen LogP contribution >= 0.6 is 22.6 Å². The molecular formula is C19H21IN2O3. The summed E-state index contributed by atoms with van der Waals surface area (Å²) in [5, 5.41) is 5.86. The highest BCUT2D eigenvalue weighted by Crippen LogP contribution is 2.33. The smallest absolute Gasteiger partial charge is 0.319 e. The Bertz CT molecular complexity index is 736. The number of rotatable bonds is 3. The minimum atomic E-state index is -0.691. The molecule has 2 atom stereocenters. The van der Waals surface area contributed by atoms with E-state index in [-0.39, 0.29) is 18.2 Å². The molecule has 0 aliphatic carbocycles. The van der Waals surface area contributed by atoms with E-state index < -0.39 is 5.79 Å². The van der Waals surface area contributed by atoms with Gasteiger partial charge in [-0.2, -0.15) is 0 Å². The highest BCUT2D eigenvalue weighted by molar-refractivity contribution is 14.1. The van der Waals surface area contributed by atoms with Crippen molar-refractivity contribution in [3.8, 4) is 0 Å². The second-order valence-electron chi connectivity index (χ2n) is 6.34. The Morgan fingerprint density at radius 2 is 1.80 bits per heavy atom. The standard InChI is InChI=1S/C19H21IN2O3/c1-19(2)24-12-16(17(25-19)13-8-4-3-5-9-13)22-18(23)21-15-11-7-6-10-14(15)20/h3-11,16-17H,12H2,1-2H3,(H2,21,22,23)/t16-,17-/m0/s1. The molecule has 25 heavy (non-hydrogen) atoms. The second-order valence-corrected chi connectivity index (χ2v) is 7.51. The maximum atomic E-state index is 12.4. The first-order chi connectivity index (χ1) is 11.9. The Balaban J connectivity index is 1.73. The van der Waals surface area contributed by atoms with Crippen LogP contribution in [-0.4, -0.2) is 24.5 Å². The SMILES string of the molecule is CC1(C)OC[C@H](NC(=O)Nc2ccccc2I)[C@H](c2ccccc2)O1. The average Bonchev–Trinajstić information content (AvgIpc) is 2.59. The van der Waals surface area contributed by atoms with Gasteiger partial charge in [-0.25, -0.2) is 4.79 Å². The van der Waals surface area contributed by atoms with Gasteiger partial charge in [0.05, 0.1) is 18.3 Å². The number of urea groups is 1. The summed E-state index contributed by atoms with van der Waals surface area (Å²) in [5.74, 6) is -0.691. The summed E-state index contributed by atoms with van der Waals surface area (Å²) in [5.41, 5.74) is 1.79. The van der Waals surface area contributed by atoms with Gasteiger partial charge in [-0.1, -0.05) is 42.5 Å². The van der Waals surface area contributed by atoms with Crippen LogP contribution in [0.1, 0.15) is 25.5 Å². The fourth-order valence-corrected chi connectivity index (χ4v) is 3.27. The van der Waals surface area contributed by atoms with Crippen LogP contribution in [0.2, 0.25) is 0 Å². The van der Waals surface area contributed by atoms with Gasteiger partial charge in [0.2, 0.25) is 0 Å². The lowest BCUT2D eigenvalue weighted by atomic mass is 10.0. The summed E-state index contributed by atoms with van der Waals surface area (Å²) in [7, 11) is 0. The predicted molar refractivity (Wildman–Crippen MR) is 105 cm³/mol. The van der Waals surface area contributed by atoms with Crippen molar-refractivity contribution in [3.05, 3.63) is 63.7 Å². The van der Waals surface area contributed by atoms with Gasteiger partial charge in [0, 0.05) is 3.57 Å². The number of nitrogens with one attached hydrogen (secondary N) is 2. The highest BCUT2D eigenvalue weighted by atomic mass is 127. The molecule has 6 heteroatoms. The molecular weight excluding hydrogens is 431 g/mol. The maximum Gasteiger partial charge on any atom is 0.319 e. The zero-order valence-corrected chi connectivity index (χ0v) is 16.3. The quantitative estimate of drug-likeness (QED) is 0.683. The second kappa shape index (κ2) is 7.72. The highest BCUT2D eigenvalue weighted by Gasteiger charge is 2.38. The van der Waals surface area contributed by atoms with Crippen LogP contribution in [0.5, 0.6) is 0 Å². The molecule has 132 valence electrons. The first-order valence-electron chi connectivity index (χ1n) is 8.13. The lowest BCUT2D eigenvalue weighted by Gasteiger charge is -2.41. The molecule has 0 aromatic heterocycles. The number of anilines is 1. The lowest BCUT2D eigenvalue weighted by Crippen LogP contribution is -2.52. The average molecular weight is 452 g/mol. The number of amides is 2. The molecule has 0 radical (unpaired) electrons. The lowest BCUT2D eigenvalue weighted by molar-refractivity contribution is -0.284. The van der Waals surface area contributed by atoms with Gasteiger partial charge in [-0.05, 0) is 54.1 Å². The van der Waals surface area contributed by atoms with Gasteiger partial charge in [0.1, 0.15) is 6.10 Å². The third-order valence-electron chi connectivity index (χ3n) is 3.95. The fourth-order valence-electron chi connectivity index (χ4n) is 2.75. The minimum absolute atomic E-state index is 0.273. The van der Waals surface area contributed by atoms with Crippen molar-refractivity contribution in [1.29, 1.82) is 0 Å². The Morgan fingerprint density at radius 1 is 1.12 bits per heavy atom. The van der Waals surface area contributed by atoms with Gasteiger partial charge < -0.3 is 20.1 Å². The first kappa shape index (κ1) is 18.2. The van der Waals surface area contributed by atoms with Crippen LogP contribution in [0, 0.1) is 3.57 Å². The molecule has 0 bridgehead atoms. The van der Waals surface area contributed by atoms with Crippen LogP contribution in [0.3, 0.4) is 0 Å². The fraction of sp³-hybridized carbons (Fsp3) is 0.316. The molecule has 5 nitrogen and oxygen atoms in total. The van der Waals surface area contributed by atoms with E-state index in [1.165, 1.54) is 0 Å². The molecule has 0 unspecified atom stereocenters. The zero-order chi connectivity index (χ0) is 17.9. The Labute approximate surface area is 161 Å². The van der Waals surface area contributed by atoms with E-state index >= 15 is 0 Å². The summed E-state index contributed by atoms with van der Waals surface area (Å²) < 4.78 is 12.8. The van der Waals surface area contributed by atoms with Gasteiger partial charge in [-0.3, -0.25) is 0 Å². The molecule has 1 aliphatic rings. The van der Waals surface area contributed by atoms with Crippen LogP contribution in [0.4, 0.5) is 10.5 Å². The summed E-state index contributed by atoms with van der Waals surface area (Å²) in [4.78, 5) is 12.4. The summed E-state index contributed by atoms with van der Waals surface area (Å²) in [6.07, 6.45) is -0.273. The van der Waals surface area contributed by atoms with E-state index in [2.05, 4.69) is 33.2 Å². The van der Waals surface area contributed by atoms with E-state index in [9.17, 15) is 4.79 Å². The number of ether oxygens (including phenoxy) is 2. The first-order valence-corrected chi connectivity index (χ1v) is 9.21. The number of halogens is 1. The largest absolute Gasteiger partial charge is 0.348 e. The van der Waals surface area contributed by atoms with Crippen LogP contribution in [0.25, 0.3) is 0 Å². The van der Waals surface area contributed by atoms with Crippen molar-refractivity contribution in [3.63, 3.8) is 0 Å². The van der Waals surface area contributed by atoms with Gasteiger partial charge in [0.25, 0.3) is 0 Å². The molecule has 2 amide bonds. The topological polar surface area (TPSA) is 59.6 Å². The molecule has 1 aliphatic heterocycles. The molecule has 2 N–H and O–H groups in total. The monoisotopic (exact) mass is 452 g/mol. The number of hydrogen-bond acceptors (Lipinski definition) is 3. The normalized spacial score (nSPS) is 22.2. The number of hydrogen-bond donors (Lipinski definition) is 2. The van der Waals surface area contributed by atoms with Crippen molar-refractivity contribution in [1.82, 2.24) is 5.32 Å². The van der Waals surface area contributed by atoms with E-state index in [0.29, 0.717) is 6.61 Å².